The molecule has 0 spiro atoms. The first-order chi connectivity index (χ1) is 35.5. The highest BCUT2D eigenvalue weighted by Gasteiger charge is 2.20. The quantitative estimate of drug-likeness (QED) is 0.169. The van der Waals surface area contributed by atoms with Crippen LogP contribution in [0.1, 0.15) is 26.1 Å². The Hall–Kier alpha value is -7.89. The van der Waals surface area contributed by atoms with E-state index >= 15 is 0 Å². The van der Waals surface area contributed by atoms with Crippen LogP contribution in [0, 0.1) is 0 Å². The molecule has 5 nitrogen and oxygen atoms in total. The van der Waals surface area contributed by atoms with Crippen molar-refractivity contribution in [3.63, 3.8) is 0 Å². The average molecular weight is 770 g/mol. The van der Waals surface area contributed by atoms with Crippen LogP contribution >= 0.6 is 0 Å². The predicted octanol–water partition coefficient (Wildman–Crippen LogP) is 13.9. The van der Waals surface area contributed by atoms with E-state index in [0.717, 1.165) is 11.1 Å². The molecule has 5 heteroatoms. The van der Waals surface area contributed by atoms with Gasteiger partial charge in [0.15, 0.2) is 17.5 Å². The number of aromatic nitrogens is 4. The summed E-state index contributed by atoms with van der Waals surface area (Å²) < 4.78 is 143. The summed E-state index contributed by atoms with van der Waals surface area (Å²) >= 11 is 0. The number of benzene rings is 9. The molecule has 12 rings (SSSR count). The topological polar surface area (TPSA) is 56.7 Å². The lowest BCUT2D eigenvalue weighted by molar-refractivity contribution is 0.667. The largest absolute Gasteiger partial charge is 0.456 e. The molecule has 0 bridgehead atoms. The Morgan fingerprint density at radius 1 is 0.458 bits per heavy atom. The van der Waals surface area contributed by atoms with Gasteiger partial charge in [0.1, 0.15) is 11.2 Å². The molecule has 3 heterocycles. The minimum atomic E-state index is -0.657. The molecule has 59 heavy (non-hydrogen) atoms. The third-order valence-electron chi connectivity index (χ3n) is 10.6. The maximum Gasteiger partial charge on any atom is 0.164 e. The van der Waals surface area contributed by atoms with Crippen molar-refractivity contribution in [3.8, 4) is 45.3 Å². The van der Waals surface area contributed by atoms with E-state index in [-0.39, 0.29) is 83.8 Å². The van der Waals surface area contributed by atoms with Gasteiger partial charge in [-0.3, -0.25) is 0 Å². The van der Waals surface area contributed by atoms with E-state index in [4.69, 9.17) is 35.8 Å². The van der Waals surface area contributed by atoms with E-state index in [1.165, 1.54) is 10.6 Å². The van der Waals surface area contributed by atoms with Crippen LogP contribution in [-0.2, 0) is 6.54 Å². The van der Waals surface area contributed by atoms with Crippen LogP contribution in [0.15, 0.2) is 198 Å². The van der Waals surface area contributed by atoms with Crippen LogP contribution in [0.3, 0.4) is 0 Å². The highest BCUT2D eigenvalue weighted by molar-refractivity contribution is 6.18. The Kier molecular flexibility index (Phi) is 4.89. The van der Waals surface area contributed by atoms with Gasteiger partial charge >= 0.3 is 0 Å². The van der Waals surface area contributed by atoms with Crippen molar-refractivity contribution in [3.05, 3.63) is 199 Å². The van der Waals surface area contributed by atoms with Crippen LogP contribution in [0.5, 0.6) is 0 Å². The third-order valence-corrected chi connectivity index (χ3v) is 10.6. The summed E-state index contributed by atoms with van der Waals surface area (Å²) in [5.74, 6) is 1.29. The van der Waals surface area contributed by atoms with Crippen molar-refractivity contribution >= 4 is 65.3 Å². The van der Waals surface area contributed by atoms with E-state index in [2.05, 4.69) is 0 Å². The maximum absolute atomic E-state index is 9.71. The normalized spacial score (nSPS) is 15.4. The fourth-order valence-corrected chi connectivity index (χ4v) is 7.95. The molecule has 0 aliphatic heterocycles. The number of nitrogens with zero attached hydrogens (tertiary/aromatic N) is 4. The lowest BCUT2D eigenvalue weighted by atomic mass is 9.92. The average Bonchev–Trinajstić information content (AvgIpc) is 3.99. The standard InChI is InChI=1S/C54H34N4O/c1-3-15-36(16-4-1)52-55-53(37-17-5-2-6-18-37)57-54(56-52)45-31-30-41(39-20-9-10-21-40(39)45)43-23-13-25-48-50(43)46-28-26-34(32-49(46)59-48)33-58-47-24-12-11-22-42(47)44-29-27-35-14-7-8-19-38(35)51(44)58/h1-32H,33H2/i7D,8D,11D,12D,13D,14D,19D,22D,23D,24D,25D,26D,27D,29D,32D. The molecule has 0 aliphatic rings. The number of fused-ring (bicyclic) bond motifs is 9. The molecule has 0 aliphatic carbocycles. The Balaban J connectivity index is 1.10. The van der Waals surface area contributed by atoms with Gasteiger partial charge in [-0.1, -0.05) is 170 Å². The highest BCUT2D eigenvalue weighted by atomic mass is 16.3. The van der Waals surface area contributed by atoms with Crippen LogP contribution in [0.25, 0.3) is 111 Å². The van der Waals surface area contributed by atoms with Crippen LogP contribution in [-0.4, -0.2) is 19.5 Å². The molecule has 12 aromatic rings. The van der Waals surface area contributed by atoms with Crippen molar-refractivity contribution in [1.29, 1.82) is 0 Å². The summed E-state index contributed by atoms with van der Waals surface area (Å²) in [6, 6.07) is 23.7. The zero-order valence-corrected chi connectivity index (χ0v) is 30.7. The Morgan fingerprint density at radius 3 is 1.90 bits per heavy atom. The van der Waals surface area contributed by atoms with Crippen molar-refractivity contribution in [2.45, 2.75) is 6.54 Å². The van der Waals surface area contributed by atoms with Crippen LogP contribution < -0.4 is 0 Å². The van der Waals surface area contributed by atoms with E-state index < -0.39 is 79.1 Å². The Morgan fingerprint density at radius 2 is 1.12 bits per heavy atom. The van der Waals surface area contributed by atoms with Gasteiger partial charge in [0.2, 0.25) is 0 Å². The molecule has 0 N–H and O–H groups in total. The summed E-state index contributed by atoms with van der Waals surface area (Å²) in [7, 11) is 0. The minimum absolute atomic E-state index is 0.0691. The summed E-state index contributed by atoms with van der Waals surface area (Å²) in [5.41, 5.74) is 2.27. The molecule has 0 saturated heterocycles. The van der Waals surface area contributed by atoms with Gasteiger partial charge in [0, 0.05) is 55.7 Å². The van der Waals surface area contributed by atoms with E-state index in [1.54, 1.807) is 6.07 Å². The Bertz CT molecular complexity index is 4410. The molecule has 276 valence electrons. The zero-order valence-electron chi connectivity index (χ0n) is 45.7. The number of rotatable bonds is 6. The zero-order chi connectivity index (χ0) is 51.9. The maximum atomic E-state index is 9.71. The van der Waals surface area contributed by atoms with Gasteiger partial charge < -0.3 is 8.98 Å². The molecule has 0 amide bonds. The number of hydrogen-bond acceptors (Lipinski definition) is 4. The first-order valence-corrected chi connectivity index (χ1v) is 18.8. The van der Waals surface area contributed by atoms with Crippen molar-refractivity contribution in [2.75, 3.05) is 0 Å². The molecule has 0 saturated carbocycles. The fourth-order valence-electron chi connectivity index (χ4n) is 7.95. The molecular weight excluding hydrogens is 721 g/mol. The second kappa shape index (κ2) is 13.4. The highest BCUT2D eigenvalue weighted by Crippen LogP contribution is 2.42. The molecule has 9 aromatic carbocycles. The second-order valence-corrected chi connectivity index (χ2v) is 14.0. The van der Waals surface area contributed by atoms with Crippen molar-refractivity contribution in [2.24, 2.45) is 0 Å². The fraction of sp³-hybridized carbons (Fsp3) is 0.0185. The Labute approximate surface area is 360 Å². The molecule has 0 radical (unpaired) electrons. The minimum Gasteiger partial charge on any atom is -0.456 e. The molecule has 3 aromatic heterocycles. The van der Waals surface area contributed by atoms with Crippen LogP contribution in [0.2, 0.25) is 0 Å². The lowest BCUT2D eigenvalue weighted by Gasteiger charge is -2.13. The van der Waals surface area contributed by atoms with Gasteiger partial charge in [-0.05, 0) is 57.0 Å². The number of para-hydroxylation sites is 1. The van der Waals surface area contributed by atoms with Gasteiger partial charge in [-0.25, -0.2) is 15.0 Å². The first-order valence-electron chi connectivity index (χ1n) is 26.3. The van der Waals surface area contributed by atoms with Gasteiger partial charge in [0.05, 0.1) is 26.1 Å². The van der Waals surface area contributed by atoms with E-state index in [9.17, 15) is 4.11 Å². The predicted molar refractivity (Wildman–Crippen MR) is 242 cm³/mol. The monoisotopic (exact) mass is 769 g/mol. The van der Waals surface area contributed by atoms with E-state index in [1.807, 2.05) is 91.0 Å². The molecular formula is C54H34N4O. The van der Waals surface area contributed by atoms with Crippen molar-refractivity contribution in [1.82, 2.24) is 19.5 Å². The smallest absolute Gasteiger partial charge is 0.164 e. The molecule has 0 fully saturated rings. The third kappa shape index (κ3) is 5.43. The summed E-state index contributed by atoms with van der Waals surface area (Å²) in [6.45, 7) is -0.517. The first kappa shape index (κ1) is 21.6. The van der Waals surface area contributed by atoms with E-state index in [0.29, 0.717) is 39.4 Å². The summed E-state index contributed by atoms with van der Waals surface area (Å²) in [5, 5.41) is 0.812. The van der Waals surface area contributed by atoms with Crippen molar-refractivity contribution < 1.29 is 25.0 Å². The second-order valence-electron chi connectivity index (χ2n) is 14.0. The SMILES string of the molecule is [2H]c1cc2c(oc3c([2H])c([2H])c([2H])c(-c4ccc(-c5nc(-c6ccccc6)nc(-c6ccccc6)n5)c5ccccc45)c32)c([2H])c1Cn1c2c([2H])c([2H])c([2H])c([2H])c2c2c([2H])c([2H])c3c([2H])c([2H])c([2H])c([2H])c3c21. The lowest BCUT2D eigenvalue weighted by Crippen LogP contribution is -2.00. The van der Waals surface area contributed by atoms with Crippen LogP contribution in [0.4, 0.5) is 0 Å². The molecule has 0 atom stereocenters. The van der Waals surface area contributed by atoms with Gasteiger partial charge in [0.25, 0.3) is 0 Å². The number of furan rings is 1. The summed E-state index contributed by atoms with van der Waals surface area (Å²) in [4.78, 5) is 14.8. The number of hydrogen-bond donors (Lipinski definition) is 0. The summed E-state index contributed by atoms with van der Waals surface area (Å²) in [6.07, 6.45) is 0. The van der Waals surface area contributed by atoms with Gasteiger partial charge in [-0.15, -0.1) is 0 Å². The van der Waals surface area contributed by atoms with Gasteiger partial charge in [-0.2, -0.15) is 0 Å². The molecule has 0 unspecified atom stereocenters.